The molecule has 0 amide bonds. The van der Waals surface area contributed by atoms with Gasteiger partial charge in [-0.3, -0.25) is 0 Å². The number of hydrogen-bond donors (Lipinski definition) is 0. The van der Waals surface area contributed by atoms with Crippen LogP contribution in [0.1, 0.15) is 133 Å². The second-order valence-corrected chi connectivity index (χ2v) is 13.9. The molecular weight excluding hydrogens is 480 g/mol. The van der Waals surface area contributed by atoms with E-state index in [2.05, 4.69) is 130 Å². The van der Waals surface area contributed by atoms with Gasteiger partial charge in [-0.2, -0.15) is 0 Å². The van der Waals surface area contributed by atoms with Crippen molar-refractivity contribution in [3.05, 3.63) is 105 Å². The zero-order valence-electron chi connectivity index (χ0n) is 27.8. The first kappa shape index (κ1) is 33.9. The first-order valence-electron chi connectivity index (χ1n) is 15.9. The van der Waals surface area contributed by atoms with Crippen LogP contribution in [0.4, 0.5) is 0 Å². The Labute approximate surface area is 249 Å². The van der Waals surface area contributed by atoms with Crippen LogP contribution in [0, 0.1) is 10.8 Å². The van der Waals surface area contributed by atoms with E-state index < -0.39 is 0 Å². The molecule has 0 aromatic heterocycles. The molecule has 0 saturated heterocycles. The highest BCUT2D eigenvalue weighted by molar-refractivity contribution is 5.31. The molecule has 2 aliphatic carbocycles. The number of allylic oxidation sites excluding steroid dienone is 18. The van der Waals surface area contributed by atoms with Crippen molar-refractivity contribution in [1.82, 2.24) is 0 Å². The molecule has 0 bridgehead atoms. The maximum absolute atomic E-state index is 2.43. The monoisotopic (exact) mass is 540 g/mol. The van der Waals surface area contributed by atoms with Crippen molar-refractivity contribution in [2.24, 2.45) is 10.8 Å². The average molecular weight is 541 g/mol. The van der Waals surface area contributed by atoms with E-state index in [9.17, 15) is 0 Å². The van der Waals surface area contributed by atoms with Gasteiger partial charge in [-0.1, -0.05) is 133 Å². The minimum Gasteiger partial charge on any atom is -0.0736 e. The molecule has 2 aliphatic rings. The van der Waals surface area contributed by atoms with Gasteiger partial charge in [0, 0.05) is 0 Å². The topological polar surface area (TPSA) is 0 Å². The van der Waals surface area contributed by atoms with Crippen molar-refractivity contribution < 1.29 is 0 Å². The average Bonchev–Trinajstić information content (AvgIpc) is 2.85. The summed E-state index contributed by atoms with van der Waals surface area (Å²) in [6.45, 7) is 23.3. The van der Waals surface area contributed by atoms with Crippen molar-refractivity contribution in [3.8, 4) is 0 Å². The molecule has 0 radical (unpaired) electrons. The van der Waals surface area contributed by atoms with E-state index in [1.165, 1.54) is 73.7 Å². The van der Waals surface area contributed by atoms with Gasteiger partial charge in [0.05, 0.1) is 0 Å². The van der Waals surface area contributed by atoms with Crippen LogP contribution >= 0.6 is 0 Å². The van der Waals surface area contributed by atoms with Gasteiger partial charge in [-0.25, -0.2) is 0 Å². The maximum Gasteiger partial charge on any atom is -0.0142 e. The largest absolute Gasteiger partial charge is 0.0736 e. The highest BCUT2D eigenvalue weighted by Gasteiger charge is 2.28. The Hall–Kier alpha value is -2.34. The zero-order valence-corrected chi connectivity index (χ0v) is 27.8. The van der Waals surface area contributed by atoms with Crippen LogP contribution in [0.2, 0.25) is 0 Å². The van der Waals surface area contributed by atoms with E-state index in [1.807, 2.05) is 0 Å². The van der Waals surface area contributed by atoms with Crippen LogP contribution in [0.5, 0.6) is 0 Å². The molecule has 220 valence electrons. The SMILES string of the molecule is CC1=C(CC/C(C)=C/C=C/C(C)=C/C=C/C=C(C)/C=C/C=C(\C)CCC2=C(C)CCCC2(C)C)C(C)(C)CCC1. The maximum atomic E-state index is 2.43. The van der Waals surface area contributed by atoms with Crippen LogP contribution in [0.15, 0.2) is 105 Å². The Morgan fingerprint density at radius 2 is 0.950 bits per heavy atom. The van der Waals surface area contributed by atoms with Gasteiger partial charge in [0.1, 0.15) is 0 Å². The third-order valence-electron chi connectivity index (χ3n) is 9.22. The molecule has 40 heavy (non-hydrogen) atoms. The van der Waals surface area contributed by atoms with Crippen LogP contribution in [-0.4, -0.2) is 0 Å². The molecule has 0 spiro atoms. The van der Waals surface area contributed by atoms with Gasteiger partial charge < -0.3 is 0 Å². The predicted molar refractivity (Wildman–Crippen MR) is 182 cm³/mol. The predicted octanol–water partition coefficient (Wildman–Crippen LogP) is 13.1. The van der Waals surface area contributed by atoms with E-state index in [4.69, 9.17) is 0 Å². The van der Waals surface area contributed by atoms with Crippen LogP contribution in [0.25, 0.3) is 0 Å². The van der Waals surface area contributed by atoms with Crippen molar-refractivity contribution in [3.63, 3.8) is 0 Å². The fraction of sp³-hybridized carbons (Fsp3) is 0.550. The van der Waals surface area contributed by atoms with Crippen LogP contribution < -0.4 is 0 Å². The van der Waals surface area contributed by atoms with Gasteiger partial charge in [-0.05, 0) is 117 Å². The van der Waals surface area contributed by atoms with Crippen molar-refractivity contribution >= 4 is 0 Å². The minimum absolute atomic E-state index is 0.381. The fourth-order valence-electron chi connectivity index (χ4n) is 6.52. The summed E-state index contributed by atoms with van der Waals surface area (Å²) < 4.78 is 0. The Morgan fingerprint density at radius 3 is 1.30 bits per heavy atom. The third kappa shape index (κ3) is 11.6. The molecule has 0 nitrogen and oxygen atoms in total. The Morgan fingerprint density at radius 1 is 0.575 bits per heavy atom. The summed E-state index contributed by atoms with van der Waals surface area (Å²) >= 11 is 0. The Bertz CT molecular complexity index is 1030. The summed E-state index contributed by atoms with van der Waals surface area (Å²) in [6, 6.07) is 0. The van der Waals surface area contributed by atoms with Gasteiger partial charge in [0.25, 0.3) is 0 Å². The van der Waals surface area contributed by atoms with Crippen LogP contribution in [0.3, 0.4) is 0 Å². The second kappa shape index (κ2) is 16.2. The highest BCUT2D eigenvalue weighted by Crippen LogP contribution is 2.43. The summed E-state index contributed by atoms with van der Waals surface area (Å²) in [7, 11) is 0. The molecule has 0 saturated carbocycles. The van der Waals surface area contributed by atoms with E-state index in [0.29, 0.717) is 10.8 Å². The first-order valence-corrected chi connectivity index (χ1v) is 15.9. The first-order chi connectivity index (χ1) is 18.8. The fourth-order valence-corrected chi connectivity index (χ4v) is 6.52. The molecule has 0 atom stereocenters. The summed E-state index contributed by atoms with van der Waals surface area (Å²) in [5.41, 5.74) is 12.9. The Kier molecular flexibility index (Phi) is 13.7. The molecule has 0 N–H and O–H groups in total. The lowest BCUT2D eigenvalue weighted by Gasteiger charge is -2.34. The molecule has 0 heteroatoms. The van der Waals surface area contributed by atoms with Gasteiger partial charge in [-0.15, -0.1) is 0 Å². The summed E-state index contributed by atoms with van der Waals surface area (Å²) in [5.74, 6) is 0. The van der Waals surface area contributed by atoms with E-state index in [1.54, 1.807) is 22.3 Å². The molecular formula is C40H60. The van der Waals surface area contributed by atoms with Crippen molar-refractivity contribution in [2.45, 2.75) is 133 Å². The summed E-state index contributed by atoms with van der Waals surface area (Å²) in [4.78, 5) is 0. The lowest BCUT2D eigenvalue weighted by atomic mass is 9.71. The van der Waals surface area contributed by atoms with E-state index >= 15 is 0 Å². The minimum atomic E-state index is 0.381. The molecule has 0 heterocycles. The van der Waals surface area contributed by atoms with Gasteiger partial charge in [0.2, 0.25) is 0 Å². The second-order valence-electron chi connectivity index (χ2n) is 13.9. The number of rotatable bonds is 12. The molecule has 0 aliphatic heterocycles. The lowest BCUT2D eigenvalue weighted by molar-refractivity contribution is 0.354. The molecule has 0 aromatic carbocycles. The zero-order chi connectivity index (χ0) is 29.8. The Balaban J connectivity index is 1.80. The lowest BCUT2D eigenvalue weighted by Crippen LogP contribution is -2.20. The third-order valence-corrected chi connectivity index (χ3v) is 9.22. The van der Waals surface area contributed by atoms with Gasteiger partial charge >= 0.3 is 0 Å². The van der Waals surface area contributed by atoms with E-state index in [-0.39, 0.29) is 0 Å². The van der Waals surface area contributed by atoms with E-state index in [0.717, 1.165) is 12.8 Å². The quantitative estimate of drug-likeness (QED) is 0.170. The van der Waals surface area contributed by atoms with Gasteiger partial charge in [0.15, 0.2) is 0 Å². The standard InChI is InChI=1S/C40H60/c1-31(19-13-21-33(3)25-27-37-35(5)23-15-29-39(37,7)8)17-11-12-18-32(2)20-14-22-34(4)26-28-38-36(6)24-16-30-40(38,9)10/h11-14,17-22H,15-16,23-30H2,1-10H3/b12-11+,19-13+,20-14+,31-17+,32-18+,33-21+,34-22+. The summed E-state index contributed by atoms with van der Waals surface area (Å²) in [6.07, 6.45) is 34.7. The smallest absolute Gasteiger partial charge is 0.0142 e. The summed E-state index contributed by atoms with van der Waals surface area (Å²) in [5, 5.41) is 0. The van der Waals surface area contributed by atoms with Crippen molar-refractivity contribution in [1.29, 1.82) is 0 Å². The molecule has 0 fully saturated rings. The molecule has 2 rings (SSSR count). The molecule has 0 unspecified atom stereocenters. The van der Waals surface area contributed by atoms with Crippen molar-refractivity contribution in [2.75, 3.05) is 0 Å². The normalized spacial score (nSPS) is 21.6. The molecule has 0 aromatic rings. The van der Waals surface area contributed by atoms with Crippen LogP contribution in [-0.2, 0) is 0 Å². The highest BCUT2D eigenvalue weighted by atomic mass is 14.3. The number of hydrogen-bond acceptors (Lipinski definition) is 0.